The Hall–Kier alpha value is -3.70. The number of carbonyl (C=O) groups excluding carboxylic acids is 1. The van der Waals surface area contributed by atoms with Crippen molar-refractivity contribution < 1.29 is 22.7 Å². The molecule has 0 spiro atoms. The zero-order valence-electron chi connectivity index (χ0n) is 26.5. The monoisotopic (exact) mass is 619 g/mol. The first-order chi connectivity index (χ1) is 20.6. The summed E-state index contributed by atoms with van der Waals surface area (Å²) in [6, 6.07) is 10.1. The number of imidazole rings is 1. The van der Waals surface area contributed by atoms with Crippen molar-refractivity contribution in [2.45, 2.75) is 90.4 Å². The van der Waals surface area contributed by atoms with E-state index in [-0.39, 0.29) is 22.7 Å². The minimum atomic E-state index is -3.01. The van der Waals surface area contributed by atoms with Gasteiger partial charge in [0.05, 0.1) is 23.1 Å². The van der Waals surface area contributed by atoms with Crippen LogP contribution in [-0.2, 0) is 10.0 Å². The van der Waals surface area contributed by atoms with E-state index in [1.807, 2.05) is 51.4 Å². The highest BCUT2D eigenvalue weighted by atomic mass is 28.4. The van der Waals surface area contributed by atoms with Crippen LogP contribution in [-0.4, -0.2) is 51.8 Å². The summed E-state index contributed by atoms with van der Waals surface area (Å²) in [6.07, 6.45) is 4.15. The van der Waals surface area contributed by atoms with Crippen LogP contribution in [0.5, 0.6) is 5.75 Å². The SMILES string of the molecule is CCN1C(=O)c2cccc(OC(F)F)c2C2CC1c1nc3ccc(-c4cnc(C(C)(C)O[Si](C)(C)C(C)(C)C)nc4)cc3n12. The number of fused-ring (bicyclic) bond motifs is 9. The third-order valence-electron chi connectivity index (χ3n) is 9.44. The van der Waals surface area contributed by atoms with Crippen molar-refractivity contribution >= 4 is 25.3 Å². The van der Waals surface area contributed by atoms with Crippen molar-refractivity contribution in [1.29, 1.82) is 0 Å². The molecule has 11 heteroatoms. The second-order valence-electron chi connectivity index (χ2n) is 13.7. The van der Waals surface area contributed by atoms with E-state index < -0.39 is 26.6 Å². The Kier molecular flexibility index (Phi) is 7.20. The van der Waals surface area contributed by atoms with Crippen molar-refractivity contribution in [3.05, 3.63) is 71.6 Å². The van der Waals surface area contributed by atoms with Crippen LogP contribution >= 0.6 is 0 Å². The Morgan fingerprint density at radius 2 is 1.73 bits per heavy atom. The fourth-order valence-electron chi connectivity index (χ4n) is 6.35. The van der Waals surface area contributed by atoms with Gasteiger partial charge in [0.15, 0.2) is 14.1 Å². The van der Waals surface area contributed by atoms with E-state index in [1.54, 1.807) is 17.0 Å². The number of hydrogen-bond donors (Lipinski definition) is 0. The molecule has 4 heterocycles. The van der Waals surface area contributed by atoms with Gasteiger partial charge in [-0.15, -0.1) is 0 Å². The number of rotatable bonds is 7. The minimum absolute atomic E-state index is 0.0185. The van der Waals surface area contributed by atoms with Crippen molar-refractivity contribution in [3.63, 3.8) is 0 Å². The first kappa shape index (κ1) is 30.3. The van der Waals surface area contributed by atoms with Gasteiger partial charge in [0, 0.05) is 42.0 Å². The van der Waals surface area contributed by atoms with Gasteiger partial charge < -0.3 is 18.6 Å². The summed E-state index contributed by atoms with van der Waals surface area (Å²) >= 11 is 0. The Morgan fingerprint density at radius 1 is 1.02 bits per heavy atom. The molecule has 4 aromatic rings. The average Bonchev–Trinajstić information content (AvgIpc) is 3.45. The first-order valence-corrected chi connectivity index (χ1v) is 18.0. The third-order valence-corrected chi connectivity index (χ3v) is 14.1. The maximum absolute atomic E-state index is 13.6. The van der Waals surface area contributed by atoms with Gasteiger partial charge in [0.1, 0.15) is 17.2 Å². The summed E-state index contributed by atoms with van der Waals surface area (Å²) in [5.74, 6) is 1.18. The quantitative estimate of drug-likeness (QED) is 0.196. The summed E-state index contributed by atoms with van der Waals surface area (Å²) in [4.78, 5) is 29.8. The Labute approximate surface area is 257 Å². The van der Waals surface area contributed by atoms with Gasteiger partial charge in [-0.25, -0.2) is 15.0 Å². The Bertz CT molecular complexity index is 1750. The molecule has 2 bridgehead atoms. The number of amides is 1. The van der Waals surface area contributed by atoms with Crippen LogP contribution in [0.1, 0.15) is 87.6 Å². The van der Waals surface area contributed by atoms with Crippen molar-refractivity contribution in [3.8, 4) is 16.9 Å². The summed E-state index contributed by atoms with van der Waals surface area (Å²) in [7, 11) is -2.06. The summed E-state index contributed by atoms with van der Waals surface area (Å²) in [5, 5.41) is 0.0524. The normalized spacial score (nSPS) is 18.5. The maximum atomic E-state index is 13.6. The molecule has 0 saturated carbocycles. The fraction of sp³-hybridized carbons (Fsp3) is 0.455. The molecule has 0 saturated heterocycles. The molecule has 0 aliphatic carbocycles. The van der Waals surface area contributed by atoms with Crippen LogP contribution in [0.25, 0.3) is 22.2 Å². The van der Waals surface area contributed by atoms with E-state index in [9.17, 15) is 13.6 Å². The molecule has 2 unspecified atom stereocenters. The van der Waals surface area contributed by atoms with Crippen LogP contribution < -0.4 is 4.74 Å². The van der Waals surface area contributed by atoms with Crippen molar-refractivity contribution in [2.75, 3.05) is 6.54 Å². The number of benzene rings is 2. The predicted molar refractivity (Wildman–Crippen MR) is 167 cm³/mol. The lowest BCUT2D eigenvalue weighted by molar-refractivity contribution is -0.0507. The Morgan fingerprint density at radius 3 is 2.36 bits per heavy atom. The molecule has 8 nitrogen and oxygen atoms in total. The van der Waals surface area contributed by atoms with Crippen LogP contribution in [0, 0.1) is 0 Å². The van der Waals surface area contributed by atoms with Crippen LogP contribution in [0.3, 0.4) is 0 Å². The number of nitrogens with zero attached hydrogens (tertiary/aromatic N) is 5. The molecule has 232 valence electrons. The van der Waals surface area contributed by atoms with Crippen molar-refractivity contribution in [2.24, 2.45) is 0 Å². The van der Waals surface area contributed by atoms with Gasteiger partial charge >= 0.3 is 6.61 Å². The van der Waals surface area contributed by atoms with Gasteiger partial charge in [-0.05, 0) is 68.7 Å². The lowest BCUT2D eigenvalue weighted by Gasteiger charge is -2.42. The molecule has 0 fully saturated rings. The zero-order chi connectivity index (χ0) is 31.8. The number of aromatic nitrogens is 4. The second kappa shape index (κ2) is 10.4. The molecule has 2 aromatic carbocycles. The lowest BCUT2D eigenvalue weighted by atomic mass is 9.97. The van der Waals surface area contributed by atoms with Crippen LogP contribution in [0.15, 0.2) is 48.8 Å². The van der Waals surface area contributed by atoms with E-state index in [2.05, 4.69) is 38.4 Å². The highest BCUT2D eigenvalue weighted by Gasteiger charge is 2.46. The molecule has 2 aliphatic heterocycles. The topological polar surface area (TPSA) is 82.4 Å². The number of alkyl halides is 2. The zero-order valence-corrected chi connectivity index (χ0v) is 27.5. The molecule has 6 rings (SSSR count). The van der Waals surface area contributed by atoms with Gasteiger partial charge in [0.2, 0.25) is 0 Å². The van der Waals surface area contributed by atoms with E-state index in [0.717, 1.165) is 28.0 Å². The smallest absolute Gasteiger partial charge is 0.387 e. The third kappa shape index (κ3) is 4.90. The fourth-order valence-corrected chi connectivity index (χ4v) is 8.02. The first-order valence-electron chi connectivity index (χ1n) is 15.1. The predicted octanol–water partition coefficient (Wildman–Crippen LogP) is 7.86. The van der Waals surface area contributed by atoms with Crippen LogP contribution in [0.2, 0.25) is 18.1 Å². The van der Waals surface area contributed by atoms with Gasteiger partial charge in [0.25, 0.3) is 5.91 Å². The van der Waals surface area contributed by atoms with Gasteiger partial charge in [-0.2, -0.15) is 8.78 Å². The number of hydrogen-bond acceptors (Lipinski definition) is 6. The molecule has 2 aromatic heterocycles. The number of halogens is 2. The molecule has 44 heavy (non-hydrogen) atoms. The summed E-state index contributed by atoms with van der Waals surface area (Å²) in [5.41, 5.74) is 3.54. The molecular weight excluding hydrogens is 580 g/mol. The standard InChI is InChI=1S/C33H39F2N5O3Si/c1-9-39-25-16-24(27-21(29(39)41)11-10-12-26(27)42-31(34)35)40-23-15-19(13-14-22(23)38-28(25)40)20-17-36-30(37-18-20)33(5,6)43-44(7,8)32(2,3)4/h10-15,17-18,24-25,31H,9,16H2,1-8H3. The highest BCUT2D eigenvalue weighted by molar-refractivity contribution is 6.74. The molecule has 0 radical (unpaired) electrons. The minimum Gasteiger partial charge on any atom is -0.434 e. The Balaban J connectivity index is 1.41. The lowest BCUT2D eigenvalue weighted by Crippen LogP contribution is -2.46. The van der Waals surface area contributed by atoms with Gasteiger partial charge in [-0.3, -0.25) is 4.79 Å². The van der Waals surface area contributed by atoms with E-state index in [0.29, 0.717) is 29.9 Å². The molecule has 0 N–H and O–H groups in total. The summed E-state index contributed by atoms with van der Waals surface area (Å²) in [6.45, 7) is 14.5. The van der Waals surface area contributed by atoms with E-state index in [4.69, 9.17) is 24.1 Å². The molecule has 2 atom stereocenters. The van der Waals surface area contributed by atoms with Crippen LogP contribution in [0.4, 0.5) is 8.78 Å². The highest BCUT2D eigenvalue weighted by Crippen LogP contribution is 2.50. The van der Waals surface area contributed by atoms with E-state index in [1.165, 1.54) is 6.07 Å². The van der Waals surface area contributed by atoms with E-state index >= 15 is 0 Å². The molecular formula is C33H39F2N5O3Si. The largest absolute Gasteiger partial charge is 0.434 e. The number of ether oxygens (including phenoxy) is 1. The average molecular weight is 620 g/mol. The number of carbonyl (C=O) groups is 1. The molecule has 2 aliphatic rings. The van der Waals surface area contributed by atoms with Gasteiger partial charge in [-0.1, -0.05) is 32.9 Å². The van der Waals surface area contributed by atoms with Crippen molar-refractivity contribution in [1.82, 2.24) is 24.4 Å². The summed E-state index contributed by atoms with van der Waals surface area (Å²) < 4.78 is 40.7. The second-order valence-corrected chi connectivity index (χ2v) is 18.4. The maximum Gasteiger partial charge on any atom is 0.387 e. The molecule has 1 amide bonds.